The predicted octanol–water partition coefficient (Wildman–Crippen LogP) is 5.64. The lowest BCUT2D eigenvalue weighted by Crippen LogP contribution is -2.57. The number of unbranched alkanes of at least 4 members (excludes halogenated alkanes) is 2. The minimum Gasteiger partial charge on any atom is -0.391 e. The van der Waals surface area contributed by atoms with Crippen molar-refractivity contribution in [3.63, 3.8) is 0 Å². The maximum absolute atomic E-state index is 14.1. The van der Waals surface area contributed by atoms with Gasteiger partial charge in [-0.25, -0.2) is 4.98 Å². The number of amides is 6. The molecule has 4 aromatic rings. The first-order valence-electron chi connectivity index (χ1n) is 28.4. The number of hydrogen-bond donors (Lipinski definition) is 4. The number of carbonyl (C=O) groups is 6. The molecule has 3 atom stereocenters. The highest BCUT2D eigenvalue weighted by atomic mass is 32.1. The second kappa shape index (κ2) is 28.0. The molecule has 1 aromatic carbocycles. The SMILES string of the molecule is Cc1ncsc1-c1ccc(CNC(=O)[C@@H]2C[C@@H](O)CN2C(=O)[C@@H](NC(=O)CCCCC(=O)N2CCN(C3CCN(c4ccc(C(=O)N5CCC(CCCCNC(=O)/C=C/c6cccnc6)CC5)nn4)CC3)CC2)C(C)(C)C)cc1. The minimum absolute atomic E-state index is 0.00217. The van der Waals surface area contributed by atoms with Gasteiger partial charge in [0.2, 0.25) is 29.5 Å². The highest BCUT2D eigenvalue weighted by molar-refractivity contribution is 7.13. The van der Waals surface area contributed by atoms with Crippen LogP contribution in [-0.2, 0) is 30.5 Å². The van der Waals surface area contributed by atoms with Crippen molar-refractivity contribution < 1.29 is 33.9 Å². The lowest BCUT2D eigenvalue weighted by Gasteiger charge is -2.43. The third-order valence-corrected chi connectivity index (χ3v) is 16.9. The minimum atomic E-state index is -0.920. The van der Waals surface area contributed by atoms with E-state index < -0.39 is 29.5 Å². The average Bonchev–Trinajstić information content (AvgIpc) is 4.13. The monoisotopic (exact) mass is 1100 g/mol. The van der Waals surface area contributed by atoms with Gasteiger partial charge in [0.1, 0.15) is 12.1 Å². The number of aliphatic hydroxyl groups is 1. The quantitative estimate of drug-likeness (QED) is 0.0587. The van der Waals surface area contributed by atoms with Crippen molar-refractivity contribution in [3.05, 3.63) is 95.0 Å². The second-order valence-electron chi connectivity index (χ2n) is 22.7. The van der Waals surface area contributed by atoms with Crippen LogP contribution in [0.25, 0.3) is 16.5 Å². The van der Waals surface area contributed by atoms with Crippen molar-refractivity contribution >= 4 is 58.7 Å². The summed E-state index contributed by atoms with van der Waals surface area (Å²) in [4.78, 5) is 99.2. The molecule has 0 bridgehead atoms. The van der Waals surface area contributed by atoms with Gasteiger partial charge in [-0.05, 0) is 104 Å². The Balaban J connectivity index is 0.680. The largest absolute Gasteiger partial charge is 0.391 e. The number of carbonyl (C=O) groups excluding carboxylic acids is 6. The van der Waals surface area contributed by atoms with Crippen LogP contribution in [0.15, 0.2) is 72.5 Å². The molecule has 8 rings (SSSR count). The van der Waals surface area contributed by atoms with Crippen molar-refractivity contribution in [3.8, 4) is 10.4 Å². The zero-order chi connectivity index (χ0) is 55.9. The number of likely N-dealkylation sites (tertiary alicyclic amines) is 2. The molecular formula is C59H80N12O7S. The number of anilines is 1. The standard InChI is InChI=1S/C59H80N12O7S/c1-41-54(79-40-63-41)45-17-14-44(15-18-45)38-62-56(76)49-36-47(72)39-71(49)58(78)55(59(2,3)4)64-52(74)12-5-6-13-53(75)69-34-32-67(33-35-69)46-24-30-68(31-25-46)50-20-19-48(65-66-50)57(77)70-28-22-42(23-29-70)10-7-8-27-61-51(73)21-16-43-11-9-26-60-37-43/h9,11,14-21,26,37,40,42,46-47,49,55,72H,5-8,10,12-13,22-25,27-36,38-39H2,1-4H3,(H,61,73)(H,62,76)(H,64,74)/b21-16+/t47-,49+,55-/m1/s1. The van der Waals surface area contributed by atoms with E-state index in [9.17, 15) is 33.9 Å². The van der Waals surface area contributed by atoms with E-state index >= 15 is 0 Å². The summed E-state index contributed by atoms with van der Waals surface area (Å²) in [5, 5.41) is 28.3. The van der Waals surface area contributed by atoms with E-state index in [1.807, 2.05) is 85.5 Å². The van der Waals surface area contributed by atoms with Crippen LogP contribution in [0.2, 0.25) is 0 Å². The Kier molecular flexibility index (Phi) is 20.7. The molecule has 4 aliphatic rings. The molecule has 424 valence electrons. The van der Waals surface area contributed by atoms with Gasteiger partial charge in [-0.1, -0.05) is 63.9 Å². The van der Waals surface area contributed by atoms with Crippen LogP contribution < -0.4 is 20.9 Å². The smallest absolute Gasteiger partial charge is 0.274 e. The first-order chi connectivity index (χ1) is 38.1. The number of pyridine rings is 1. The third-order valence-electron chi connectivity index (χ3n) is 15.9. The fourth-order valence-electron chi connectivity index (χ4n) is 11.2. The number of hydrogen-bond acceptors (Lipinski definition) is 14. The van der Waals surface area contributed by atoms with Crippen molar-refractivity contribution in [2.75, 3.05) is 70.3 Å². The summed E-state index contributed by atoms with van der Waals surface area (Å²) in [6.07, 6.45) is 14.4. The number of nitrogens with one attached hydrogen (secondary N) is 3. The zero-order valence-electron chi connectivity index (χ0n) is 46.5. The molecule has 20 heteroatoms. The Labute approximate surface area is 469 Å². The van der Waals surface area contributed by atoms with Crippen molar-refractivity contribution in [1.29, 1.82) is 0 Å². The molecule has 3 aromatic heterocycles. The first kappa shape index (κ1) is 58.5. The average molecular weight is 1100 g/mol. The molecule has 19 nitrogen and oxygen atoms in total. The maximum Gasteiger partial charge on any atom is 0.274 e. The van der Waals surface area contributed by atoms with E-state index in [4.69, 9.17) is 0 Å². The van der Waals surface area contributed by atoms with Crippen LogP contribution in [0, 0.1) is 18.3 Å². The normalized spacial score (nSPS) is 19.2. The second-order valence-corrected chi connectivity index (χ2v) is 23.6. The molecule has 0 radical (unpaired) electrons. The van der Waals surface area contributed by atoms with Gasteiger partial charge in [0.05, 0.1) is 22.2 Å². The Hall–Kier alpha value is -6.64. The highest BCUT2D eigenvalue weighted by Crippen LogP contribution is 2.30. The van der Waals surface area contributed by atoms with E-state index in [1.165, 1.54) is 11.0 Å². The van der Waals surface area contributed by atoms with Gasteiger partial charge >= 0.3 is 0 Å². The number of benzene rings is 1. The van der Waals surface area contributed by atoms with Crippen LogP contribution in [0.4, 0.5) is 5.82 Å². The predicted molar refractivity (Wildman–Crippen MR) is 304 cm³/mol. The maximum atomic E-state index is 14.1. The van der Waals surface area contributed by atoms with E-state index in [-0.39, 0.29) is 55.5 Å². The summed E-state index contributed by atoms with van der Waals surface area (Å²) in [7, 11) is 0. The number of thiazole rings is 1. The number of β-amino-alcohol motifs (C(OH)–C–C–N with tert-alkyl or cyclic N) is 1. The number of rotatable bonds is 21. The summed E-state index contributed by atoms with van der Waals surface area (Å²) in [6.45, 7) is 14.5. The fraction of sp³-hybridized carbons (Fsp3) is 0.559. The molecule has 4 N–H and O–H groups in total. The van der Waals surface area contributed by atoms with Crippen LogP contribution in [0.5, 0.6) is 0 Å². The third kappa shape index (κ3) is 16.5. The molecule has 0 spiro atoms. The van der Waals surface area contributed by atoms with Gasteiger partial charge < -0.3 is 40.7 Å². The molecule has 4 aliphatic heterocycles. The van der Waals surface area contributed by atoms with Crippen molar-refractivity contribution in [1.82, 2.24) is 55.7 Å². The van der Waals surface area contributed by atoms with E-state index in [1.54, 1.807) is 35.9 Å². The summed E-state index contributed by atoms with van der Waals surface area (Å²) in [5.74, 6) is 0.184. The molecule has 0 aliphatic carbocycles. The molecule has 4 saturated heterocycles. The van der Waals surface area contributed by atoms with Crippen LogP contribution in [0.3, 0.4) is 0 Å². The number of aliphatic hydroxyl groups excluding tert-OH is 1. The Morgan fingerprint density at radius 2 is 1.57 bits per heavy atom. The van der Waals surface area contributed by atoms with Crippen molar-refractivity contribution in [2.24, 2.45) is 11.3 Å². The molecule has 0 saturated carbocycles. The number of nitrogens with zero attached hydrogens (tertiary/aromatic N) is 9. The van der Waals surface area contributed by atoms with Crippen LogP contribution >= 0.6 is 11.3 Å². The molecular weight excluding hydrogens is 1020 g/mol. The van der Waals surface area contributed by atoms with Gasteiger partial charge in [0, 0.05) is 116 Å². The zero-order valence-corrected chi connectivity index (χ0v) is 47.3. The number of aryl methyl sites for hydroxylation is 1. The van der Waals surface area contributed by atoms with E-state index in [0.29, 0.717) is 69.6 Å². The lowest BCUT2D eigenvalue weighted by atomic mass is 9.85. The molecule has 4 fully saturated rings. The fourth-order valence-corrected chi connectivity index (χ4v) is 12.0. The lowest BCUT2D eigenvalue weighted by molar-refractivity contribution is -0.144. The first-order valence-corrected chi connectivity index (χ1v) is 29.3. The number of piperidine rings is 2. The summed E-state index contributed by atoms with van der Waals surface area (Å²) >= 11 is 1.58. The molecule has 6 amide bonds. The van der Waals surface area contributed by atoms with Gasteiger partial charge in [0.15, 0.2) is 11.5 Å². The highest BCUT2D eigenvalue weighted by Gasteiger charge is 2.44. The molecule has 79 heavy (non-hydrogen) atoms. The van der Waals surface area contributed by atoms with E-state index in [2.05, 4.69) is 45.9 Å². The van der Waals surface area contributed by atoms with Gasteiger partial charge in [0.25, 0.3) is 5.91 Å². The Morgan fingerprint density at radius 3 is 2.24 bits per heavy atom. The number of piperazine rings is 1. The van der Waals surface area contributed by atoms with Crippen molar-refractivity contribution in [2.45, 2.75) is 136 Å². The Morgan fingerprint density at radius 1 is 0.823 bits per heavy atom. The Bertz CT molecular complexity index is 2690. The van der Waals surface area contributed by atoms with Crippen LogP contribution in [-0.4, -0.2) is 170 Å². The topological polar surface area (TPSA) is 226 Å². The summed E-state index contributed by atoms with van der Waals surface area (Å²) < 4.78 is 0. The summed E-state index contributed by atoms with van der Waals surface area (Å²) in [6, 6.07) is 14.0. The molecule has 7 heterocycles. The van der Waals surface area contributed by atoms with E-state index in [0.717, 1.165) is 104 Å². The van der Waals surface area contributed by atoms with Gasteiger partial charge in [-0.15, -0.1) is 21.5 Å². The molecule has 0 unspecified atom stereocenters. The number of aromatic nitrogens is 4. The van der Waals surface area contributed by atoms with Gasteiger partial charge in [-0.2, -0.15) is 0 Å². The van der Waals surface area contributed by atoms with Crippen LogP contribution in [0.1, 0.15) is 125 Å². The van der Waals surface area contributed by atoms with Gasteiger partial charge in [-0.3, -0.25) is 38.7 Å². The summed E-state index contributed by atoms with van der Waals surface area (Å²) in [5.41, 5.74) is 5.32.